The third-order valence-electron chi connectivity index (χ3n) is 3.92. The van der Waals surface area contributed by atoms with Gasteiger partial charge in [0.15, 0.2) is 0 Å². The average molecular weight is 336 g/mol. The quantitative estimate of drug-likeness (QED) is 0.751. The van der Waals surface area contributed by atoms with Crippen molar-refractivity contribution in [3.63, 3.8) is 0 Å². The lowest BCUT2D eigenvalue weighted by atomic mass is 10.1. The summed E-state index contributed by atoms with van der Waals surface area (Å²) >= 11 is 0. The lowest BCUT2D eigenvalue weighted by Gasteiger charge is -2.15. The highest BCUT2D eigenvalue weighted by Gasteiger charge is 2.12. The molecule has 1 heterocycles. The van der Waals surface area contributed by atoms with Gasteiger partial charge in [0, 0.05) is 12.7 Å². The third kappa shape index (κ3) is 4.10. The molecule has 1 atom stereocenters. The molecule has 0 aliphatic heterocycles. The van der Waals surface area contributed by atoms with Crippen LogP contribution in [0.5, 0.6) is 0 Å². The molecular weight excluding hydrogens is 316 g/mol. The molecule has 3 rings (SSSR count). The minimum atomic E-state index is -0.108. The molecule has 0 spiro atoms. The first-order valence-electron chi connectivity index (χ1n) is 8.01. The average Bonchev–Trinajstić information content (AvgIpc) is 3.17. The van der Waals surface area contributed by atoms with Crippen molar-refractivity contribution < 1.29 is 9.53 Å². The summed E-state index contributed by atoms with van der Waals surface area (Å²) < 4.78 is 6.80. The second-order valence-electron chi connectivity index (χ2n) is 5.76. The Morgan fingerprint density at radius 1 is 1.24 bits per heavy atom. The zero-order valence-electron chi connectivity index (χ0n) is 14.2. The number of rotatable bonds is 6. The maximum Gasteiger partial charge on any atom is 0.251 e. The summed E-state index contributed by atoms with van der Waals surface area (Å²) in [6.45, 7) is 2.45. The lowest BCUT2D eigenvalue weighted by Crippen LogP contribution is -2.26. The summed E-state index contributed by atoms with van der Waals surface area (Å²) in [7, 11) is 1.64. The first kappa shape index (κ1) is 16.9. The van der Waals surface area contributed by atoms with Crippen LogP contribution in [-0.2, 0) is 11.3 Å². The number of ether oxygens (including phenoxy) is 1. The summed E-state index contributed by atoms with van der Waals surface area (Å²) in [6.07, 6.45) is 3.14. The summed E-state index contributed by atoms with van der Waals surface area (Å²) in [4.78, 5) is 16.4. The van der Waals surface area contributed by atoms with Gasteiger partial charge in [-0.15, -0.1) is 0 Å². The molecule has 2 aromatic carbocycles. The number of benzene rings is 2. The van der Waals surface area contributed by atoms with Gasteiger partial charge in [-0.1, -0.05) is 24.3 Å². The molecule has 0 fully saturated rings. The van der Waals surface area contributed by atoms with Crippen LogP contribution in [0.1, 0.15) is 34.5 Å². The van der Waals surface area contributed by atoms with Crippen molar-refractivity contribution in [3.8, 4) is 5.69 Å². The van der Waals surface area contributed by atoms with Crippen LogP contribution in [0.3, 0.4) is 0 Å². The maximum absolute atomic E-state index is 12.5. The van der Waals surface area contributed by atoms with E-state index in [2.05, 4.69) is 15.4 Å². The van der Waals surface area contributed by atoms with E-state index in [1.54, 1.807) is 24.2 Å². The normalized spacial score (nSPS) is 11.9. The first-order chi connectivity index (χ1) is 12.2. The number of amides is 1. The van der Waals surface area contributed by atoms with Gasteiger partial charge in [0.25, 0.3) is 5.91 Å². The number of carbonyl (C=O) groups is 1. The van der Waals surface area contributed by atoms with Gasteiger partial charge >= 0.3 is 0 Å². The third-order valence-corrected chi connectivity index (χ3v) is 3.92. The molecular formula is C19H20N4O2. The molecule has 6 nitrogen and oxygen atoms in total. The zero-order chi connectivity index (χ0) is 17.6. The fourth-order valence-electron chi connectivity index (χ4n) is 2.59. The van der Waals surface area contributed by atoms with Gasteiger partial charge in [-0.05, 0) is 42.3 Å². The number of carbonyl (C=O) groups excluding carboxylic acids is 1. The fourth-order valence-corrected chi connectivity index (χ4v) is 2.59. The Balaban J connectivity index is 1.68. The van der Waals surface area contributed by atoms with Gasteiger partial charge in [-0.2, -0.15) is 5.10 Å². The van der Waals surface area contributed by atoms with Crippen LogP contribution < -0.4 is 5.32 Å². The molecule has 1 aromatic heterocycles. The number of hydrogen-bond donors (Lipinski definition) is 1. The Labute approximate surface area is 146 Å². The van der Waals surface area contributed by atoms with Crippen LogP contribution in [0.25, 0.3) is 5.69 Å². The number of nitrogens with zero attached hydrogens (tertiary/aromatic N) is 3. The second kappa shape index (κ2) is 7.72. The molecule has 0 saturated carbocycles. The Morgan fingerprint density at radius 2 is 2.04 bits per heavy atom. The van der Waals surface area contributed by atoms with Crippen LogP contribution in [0.2, 0.25) is 0 Å². The minimum absolute atomic E-state index is 0.106. The summed E-state index contributed by atoms with van der Waals surface area (Å²) in [5.74, 6) is -0.106. The smallest absolute Gasteiger partial charge is 0.251 e. The van der Waals surface area contributed by atoms with Crippen molar-refractivity contribution >= 4 is 5.91 Å². The number of nitrogens with one attached hydrogen (secondary N) is 1. The van der Waals surface area contributed by atoms with Crippen molar-refractivity contribution in [2.45, 2.75) is 19.6 Å². The highest BCUT2D eigenvalue weighted by molar-refractivity contribution is 5.94. The van der Waals surface area contributed by atoms with E-state index in [-0.39, 0.29) is 11.9 Å². The van der Waals surface area contributed by atoms with E-state index in [1.165, 1.54) is 6.33 Å². The molecule has 0 saturated heterocycles. The zero-order valence-corrected chi connectivity index (χ0v) is 14.2. The predicted molar refractivity (Wildman–Crippen MR) is 94.4 cm³/mol. The van der Waals surface area contributed by atoms with Crippen LogP contribution in [0.4, 0.5) is 0 Å². The highest BCUT2D eigenvalue weighted by Crippen LogP contribution is 2.16. The predicted octanol–water partition coefficient (Wildman–Crippen LogP) is 2.90. The molecule has 128 valence electrons. The van der Waals surface area contributed by atoms with E-state index in [0.717, 1.165) is 16.8 Å². The van der Waals surface area contributed by atoms with Crippen molar-refractivity contribution in [3.05, 3.63) is 77.9 Å². The van der Waals surface area contributed by atoms with Crippen LogP contribution in [0.15, 0.2) is 61.2 Å². The van der Waals surface area contributed by atoms with E-state index in [0.29, 0.717) is 12.2 Å². The molecule has 6 heteroatoms. The largest absolute Gasteiger partial charge is 0.380 e. The lowest BCUT2D eigenvalue weighted by molar-refractivity contribution is 0.0939. The van der Waals surface area contributed by atoms with Gasteiger partial charge in [0.05, 0.1) is 18.3 Å². The van der Waals surface area contributed by atoms with Crippen LogP contribution >= 0.6 is 0 Å². The first-order valence-corrected chi connectivity index (χ1v) is 8.01. The SMILES string of the molecule is COCc1cccc(C(=O)NC(C)c2ccc(-n3cncn3)cc2)c1. The number of hydrogen-bond acceptors (Lipinski definition) is 4. The Kier molecular flexibility index (Phi) is 5.20. The van der Waals surface area contributed by atoms with Gasteiger partial charge in [0.2, 0.25) is 0 Å². The van der Waals surface area contributed by atoms with E-state index >= 15 is 0 Å². The van der Waals surface area contributed by atoms with Gasteiger partial charge < -0.3 is 10.1 Å². The number of aromatic nitrogens is 3. The molecule has 1 unspecified atom stereocenters. The van der Waals surface area contributed by atoms with E-state index < -0.39 is 0 Å². The molecule has 0 aliphatic carbocycles. The molecule has 0 aliphatic rings. The van der Waals surface area contributed by atoms with Crippen LogP contribution in [-0.4, -0.2) is 27.8 Å². The molecule has 1 N–H and O–H groups in total. The van der Waals surface area contributed by atoms with E-state index in [9.17, 15) is 4.79 Å². The Hall–Kier alpha value is -2.99. The number of methoxy groups -OCH3 is 1. The topological polar surface area (TPSA) is 69.0 Å². The summed E-state index contributed by atoms with van der Waals surface area (Å²) in [5, 5.41) is 7.12. The molecule has 25 heavy (non-hydrogen) atoms. The van der Waals surface area contributed by atoms with Crippen molar-refractivity contribution in [2.75, 3.05) is 7.11 Å². The van der Waals surface area contributed by atoms with Gasteiger partial charge in [0.1, 0.15) is 12.7 Å². The second-order valence-corrected chi connectivity index (χ2v) is 5.76. The van der Waals surface area contributed by atoms with E-state index in [1.807, 2.05) is 49.4 Å². The summed E-state index contributed by atoms with van der Waals surface area (Å²) in [6, 6.07) is 15.2. The highest BCUT2D eigenvalue weighted by atomic mass is 16.5. The van der Waals surface area contributed by atoms with Crippen molar-refractivity contribution in [1.29, 1.82) is 0 Å². The maximum atomic E-state index is 12.5. The molecule has 3 aromatic rings. The monoisotopic (exact) mass is 336 g/mol. The molecule has 1 amide bonds. The summed E-state index contributed by atoms with van der Waals surface area (Å²) in [5.41, 5.74) is 3.54. The standard InChI is InChI=1S/C19H20N4O2/c1-14(16-6-8-18(9-7-16)23-13-20-12-21-23)22-19(24)17-5-3-4-15(10-17)11-25-2/h3-10,12-14H,11H2,1-2H3,(H,22,24). The van der Waals surface area contributed by atoms with Gasteiger partial charge in [-0.3, -0.25) is 4.79 Å². The van der Waals surface area contributed by atoms with Crippen molar-refractivity contribution in [1.82, 2.24) is 20.1 Å². The Morgan fingerprint density at radius 3 is 2.72 bits per heavy atom. The molecule has 0 bridgehead atoms. The van der Waals surface area contributed by atoms with Gasteiger partial charge in [-0.25, -0.2) is 9.67 Å². The minimum Gasteiger partial charge on any atom is -0.380 e. The van der Waals surface area contributed by atoms with Crippen LogP contribution in [0, 0.1) is 0 Å². The molecule has 0 radical (unpaired) electrons. The fraction of sp³-hybridized carbons (Fsp3) is 0.211. The van der Waals surface area contributed by atoms with Crippen molar-refractivity contribution in [2.24, 2.45) is 0 Å². The van der Waals surface area contributed by atoms with E-state index in [4.69, 9.17) is 4.74 Å². The Bertz CT molecular complexity index is 829.